The fourth-order valence-electron chi connectivity index (χ4n) is 4.58. The van der Waals surface area contributed by atoms with Gasteiger partial charge in [-0.2, -0.15) is 4.98 Å². The molecule has 0 spiro atoms. The molecule has 6 nitrogen and oxygen atoms in total. The lowest BCUT2D eigenvalue weighted by molar-refractivity contribution is 0.0270. The molecule has 2 heterocycles. The maximum Gasteiger partial charge on any atom is 0.410 e. The van der Waals surface area contributed by atoms with Crippen LogP contribution in [0.3, 0.4) is 0 Å². The van der Waals surface area contributed by atoms with E-state index in [-0.39, 0.29) is 6.09 Å². The van der Waals surface area contributed by atoms with Crippen molar-refractivity contribution in [1.82, 2.24) is 9.88 Å². The van der Waals surface area contributed by atoms with Gasteiger partial charge in [-0.05, 0) is 61.1 Å². The SMILES string of the molecule is CC.CC.CC(C)(C)OC(=O)N1CC=C(c2ccc(-c3ccc(OCc4ccccc4)nc3OCc3ccccc3)cc2)CC1. The molecule has 0 unspecified atom stereocenters. The van der Waals surface area contributed by atoms with Gasteiger partial charge in [0.2, 0.25) is 11.8 Å². The van der Waals surface area contributed by atoms with Gasteiger partial charge in [0.1, 0.15) is 18.8 Å². The summed E-state index contributed by atoms with van der Waals surface area (Å²) in [5.41, 5.74) is 5.91. The third kappa shape index (κ3) is 10.8. The van der Waals surface area contributed by atoms with Crippen molar-refractivity contribution in [3.63, 3.8) is 0 Å². The van der Waals surface area contributed by atoms with E-state index in [9.17, 15) is 4.79 Å². The lowest BCUT2D eigenvalue weighted by Crippen LogP contribution is -2.39. The fourth-order valence-corrected chi connectivity index (χ4v) is 4.58. The molecule has 4 aromatic rings. The van der Waals surface area contributed by atoms with Crippen molar-refractivity contribution in [3.05, 3.63) is 120 Å². The van der Waals surface area contributed by atoms with E-state index < -0.39 is 5.60 Å². The molecule has 0 bridgehead atoms. The Morgan fingerprint density at radius 3 is 1.82 bits per heavy atom. The number of hydrogen-bond acceptors (Lipinski definition) is 5. The van der Waals surface area contributed by atoms with Crippen molar-refractivity contribution < 1.29 is 19.0 Å². The van der Waals surface area contributed by atoms with Crippen LogP contribution in [0.5, 0.6) is 11.8 Å². The lowest BCUT2D eigenvalue weighted by atomic mass is 9.97. The first kappa shape index (κ1) is 34.9. The fraction of sp³-hybridized carbons (Fsp3) is 0.333. The number of nitrogens with zero attached hydrogens (tertiary/aromatic N) is 2. The largest absolute Gasteiger partial charge is 0.473 e. The number of ether oxygens (including phenoxy) is 3. The Hall–Kier alpha value is -4.58. The summed E-state index contributed by atoms with van der Waals surface area (Å²) in [6, 6.07) is 32.4. The molecule has 0 N–H and O–H groups in total. The zero-order valence-electron chi connectivity index (χ0n) is 27.9. The summed E-state index contributed by atoms with van der Waals surface area (Å²) < 4.78 is 17.7. The van der Waals surface area contributed by atoms with E-state index in [1.165, 1.54) is 5.57 Å². The van der Waals surface area contributed by atoms with Gasteiger partial charge in [-0.1, -0.05) is 119 Å². The molecule has 238 valence electrons. The highest BCUT2D eigenvalue weighted by Gasteiger charge is 2.24. The van der Waals surface area contributed by atoms with Crippen molar-refractivity contribution in [2.75, 3.05) is 13.1 Å². The predicted octanol–water partition coefficient (Wildman–Crippen LogP) is 9.98. The third-order valence-corrected chi connectivity index (χ3v) is 6.71. The highest BCUT2D eigenvalue weighted by atomic mass is 16.6. The van der Waals surface area contributed by atoms with Gasteiger partial charge in [-0.15, -0.1) is 0 Å². The molecule has 0 aliphatic carbocycles. The molecule has 1 aliphatic rings. The number of pyridine rings is 1. The molecule has 3 aromatic carbocycles. The van der Waals surface area contributed by atoms with Crippen molar-refractivity contribution in [3.8, 4) is 22.9 Å². The van der Waals surface area contributed by atoms with Gasteiger partial charge in [0.15, 0.2) is 0 Å². The molecule has 0 saturated carbocycles. The quantitative estimate of drug-likeness (QED) is 0.199. The summed E-state index contributed by atoms with van der Waals surface area (Å²) in [6.07, 6.45) is 2.62. The Morgan fingerprint density at radius 1 is 0.733 bits per heavy atom. The molecular formula is C39H48N2O4. The normalized spacial score (nSPS) is 12.4. The molecule has 5 rings (SSSR count). The van der Waals surface area contributed by atoms with Crippen LogP contribution in [-0.2, 0) is 18.0 Å². The number of rotatable bonds is 8. The molecule has 0 fully saturated rings. The smallest absolute Gasteiger partial charge is 0.410 e. The molecular weight excluding hydrogens is 560 g/mol. The molecule has 1 aliphatic heterocycles. The summed E-state index contributed by atoms with van der Waals surface area (Å²) in [4.78, 5) is 18.9. The Kier molecular flexibility index (Phi) is 13.7. The highest BCUT2D eigenvalue weighted by Crippen LogP contribution is 2.33. The predicted molar refractivity (Wildman–Crippen MR) is 184 cm³/mol. The summed E-state index contributed by atoms with van der Waals surface area (Å²) in [5, 5.41) is 0. The highest BCUT2D eigenvalue weighted by molar-refractivity contribution is 5.75. The molecule has 45 heavy (non-hydrogen) atoms. The number of hydrogen-bond donors (Lipinski definition) is 0. The van der Waals surface area contributed by atoms with Crippen molar-refractivity contribution in [1.29, 1.82) is 0 Å². The number of aromatic nitrogens is 1. The number of carbonyl (C=O) groups is 1. The standard InChI is InChI=1S/C35H36N2O4.2C2H6/c1-35(2,3)41-34(38)37-22-20-29(21-23-37)28-14-16-30(17-15-28)31-18-19-32(39-24-26-10-6-4-7-11-26)36-33(31)40-25-27-12-8-5-9-13-27;2*1-2/h4-20H,21-25H2,1-3H3;2*1-2H3. The zero-order chi connectivity index (χ0) is 32.7. The van der Waals surface area contributed by atoms with Gasteiger partial charge >= 0.3 is 6.09 Å². The monoisotopic (exact) mass is 608 g/mol. The Bertz CT molecular complexity index is 1480. The maximum atomic E-state index is 12.4. The summed E-state index contributed by atoms with van der Waals surface area (Å²) >= 11 is 0. The second kappa shape index (κ2) is 17.6. The maximum absolute atomic E-state index is 12.4. The number of carbonyl (C=O) groups excluding carboxylic acids is 1. The average Bonchev–Trinajstić information content (AvgIpc) is 3.08. The van der Waals surface area contributed by atoms with Gasteiger partial charge in [0, 0.05) is 24.7 Å². The average molecular weight is 609 g/mol. The summed E-state index contributed by atoms with van der Waals surface area (Å²) in [5.74, 6) is 1.04. The van der Waals surface area contributed by atoms with E-state index in [0.717, 1.165) is 34.2 Å². The Morgan fingerprint density at radius 2 is 1.29 bits per heavy atom. The van der Waals surface area contributed by atoms with Crippen LogP contribution in [0.2, 0.25) is 0 Å². The minimum Gasteiger partial charge on any atom is -0.473 e. The molecule has 0 radical (unpaired) electrons. The van der Waals surface area contributed by atoms with Gasteiger partial charge in [-0.3, -0.25) is 0 Å². The lowest BCUT2D eigenvalue weighted by Gasteiger charge is -2.29. The van der Waals surface area contributed by atoms with Crippen LogP contribution >= 0.6 is 0 Å². The van der Waals surface area contributed by atoms with Crippen LogP contribution in [0.4, 0.5) is 4.79 Å². The minimum absolute atomic E-state index is 0.269. The first-order valence-corrected chi connectivity index (χ1v) is 16.0. The van der Waals surface area contributed by atoms with Crippen LogP contribution < -0.4 is 9.47 Å². The van der Waals surface area contributed by atoms with Crippen LogP contribution in [-0.4, -0.2) is 34.7 Å². The molecule has 6 heteroatoms. The first-order valence-electron chi connectivity index (χ1n) is 16.0. The van der Waals surface area contributed by atoms with Crippen LogP contribution in [0.15, 0.2) is 103 Å². The number of amides is 1. The summed E-state index contributed by atoms with van der Waals surface area (Å²) in [6.45, 7) is 15.7. The van der Waals surface area contributed by atoms with Crippen LogP contribution in [0, 0.1) is 0 Å². The van der Waals surface area contributed by atoms with E-state index >= 15 is 0 Å². The molecule has 1 aromatic heterocycles. The molecule has 0 atom stereocenters. The van der Waals surface area contributed by atoms with Crippen molar-refractivity contribution >= 4 is 11.7 Å². The Balaban J connectivity index is 0.00000133. The van der Waals surface area contributed by atoms with E-state index in [4.69, 9.17) is 19.2 Å². The van der Waals surface area contributed by atoms with E-state index in [1.54, 1.807) is 4.90 Å². The number of benzene rings is 3. The molecule has 0 saturated heterocycles. The second-order valence-electron chi connectivity index (χ2n) is 11.0. The van der Waals surface area contributed by atoms with E-state index in [2.05, 4.69) is 30.3 Å². The van der Waals surface area contributed by atoms with E-state index in [0.29, 0.717) is 38.1 Å². The zero-order valence-corrected chi connectivity index (χ0v) is 27.9. The third-order valence-electron chi connectivity index (χ3n) is 6.71. The van der Waals surface area contributed by atoms with Crippen molar-refractivity contribution in [2.24, 2.45) is 0 Å². The topological polar surface area (TPSA) is 60.9 Å². The van der Waals surface area contributed by atoms with Crippen molar-refractivity contribution in [2.45, 2.75) is 73.7 Å². The minimum atomic E-state index is -0.498. The molecule has 1 amide bonds. The van der Waals surface area contributed by atoms with Gasteiger partial charge in [-0.25, -0.2) is 4.79 Å². The van der Waals surface area contributed by atoms with Crippen LogP contribution in [0.1, 0.15) is 71.6 Å². The second-order valence-corrected chi connectivity index (χ2v) is 11.0. The van der Waals surface area contributed by atoms with Gasteiger partial charge in [0.05, 0.1) is 0 Å². The van der Waals surface area contributed by atoms with Gasteiger partial charge < -0.3 is 19.1 Å². The van der Waals surface area contributed by atoms with Gasteiger partial charge in [0.25, 0.3) is 0 Å². The van der Waals surface area contributed by atoms with E-state index in [1.807, 2.05) is 121 Å². The Labute approximate surface area is 269 Å². The van der Waals surface area contributed by atoms with Crippen LogP contribution in [0.25, 0.3) is 16.7 Å². The first-order chi connectivity index (χ1) is 21.8. The summed E-state index contributed by atoms with van der Waals surface area (Å²) in [7, 11) is 0.